The SMILES string of the molecule is COc1ccc(CNC(=O)C2CC(=O)N(CCc3ccc(F)cc3)C2)cc1. The van der Waals surface area contributed by atoms with Crippen molar-refractivity contribution in [3.8, 4) is 5.75 Å². The van der Waals surface area contributed by atoms with Crippen LogP contribution in [0.25, 0.3) is 0 Å². The van der Waals surface area contributed by atoms with Crippen LogP contribution < -0.4 is 10.1 Å². The minimum atomic E-state index is -0.330. The summed E-state index contributed by atoms with van der Waals surface area (Å²) in [6.07, 6.45) is 0.879. The third-order valence-corrected chi connectivity index (χ3v) is 4.79. The normalized spacial score (nSPS) is 16.4. The van der Waals surface area contributed by atoms with E-state index in [1.54, 1.807) is 24.1 Å². The molecule has 1 atom stereocenters. The summed E-state index contributed by atoms with van der Waals surface area (Å²) in [6.45, 7) is 1.38. The number of nitrogens with one attached hydrogen (secondary N) is 1. The number of likely N-dealkylation sites (tertiary alicyclic amines) is 1. The average molecular weight is 370 g/mol. The van der Waals surface area contributed by atoms with Gasteiger partial charge < -0.3 is 15.0 Å². The standard InChI is InChI=1S/C21H23FN2O3/c1-27-19-8-4-16(5-9-19)13-23-21(26)17-12-20(25)24(14-17)11-10-15-2-6-18(22)7-3-15/h2-9,17H,10-14H2,1H3,(H,23,26). The predicted octanol–water partition coefficient (Wildman–Crippen LogP) is 2.54. The lowest BCUT2D eigenvalue weighted by Crippen LogP contribution is -2.33. The first-order valence-corrected chi connectivity index (χ1v) is 8.98. The second kappa shape index (κ2) is 8.66. The van der Waals surface area contributed by atoms with E-state index in [1.165, 1.54) is 12.1 Å². The Bertz CT molecular complexity index is 790. The fraction of sp³-hybridized carbons (Fsp3) is 0.333. The van der Waals surface area contributed by atoms with Gasteiger partial charge in [0.25, 0.3) is 0 Å². The van der Waals surface area contributed by atoms with Crippen molar-refractivity contribution >= 4 is 11.8 Å². The van der Waals surface area contributed by atoms with E-state index < -0.39 is 0 Å². The lowest BCUT2D eigenvalue weighted by Gasteiger charge is -2.16. The first-order valence-electron chi connectivity index (χ1n) is 8.98. The highest BCUT2D eigenvalue weighted by molar-refractivity contribution is 5.89. The number of methoxy groups -OCH3 is 1. The number of hydrogen-bond acceptors (Lipinski definition) is 3. The highest BCUT2D eigenvalue weighted by atomic mass is 19.1. The Hall–Kier alpha value is -2.89. The molecule has 1 unspecified atom stereocenters. The van der Waals surface area contributed by atoms with Gasteiger partial charge in [0.1, 0.15) is 11.6 Å². The predicted molar refractivity (Wildman–Crippen MR) is 99.6 cm³/mol. The molecule has 1 saturated heterocycles. The van der Waals surface area contributed by atoms with Gasteiger partial charge in [0.2, 0.25) is 11.8 Å². The number of halogens is 1. The van der Waals surface area contributed by atoms with Crippen molar-refractivity contribution in [2.45, 2.75) is 19.4 Å². The number of ether oxygens (including phenoxy) is 1. The molecule has 27 heavy (non-hydrogen) atoms. The average Bonchev–Trinajstić information content (AvgIpc) is 3.07. The smallest absolute Gasteiger partial charge is 0.225 e. The number of carbonyl (C=O) groups is 2. The Morgan fingerprint density at radius 1 is 1.15 bits per heavy atom. The molecule has 1 fully saturated rings. The van der Waals surface area contributed by atoms with Crippen molar-refractivity contribution in [1.29, 1.82) is 0 Å². The van der Waals surface area contributed by atoms with Gasteiger partial charge in [0.05, 0.1) is 13.0 Å². The van der Waals surface area contributed by atoms with E-state index in [0.717, 1.165) is 16.9 Å². The minimum absolute atomic E-state index is 0.0123. The quantitative estimate of drug-likeness (QED) is 0.815. The molecule has 0 aliphatic carbocycles. The van der Waals surface area contributed by atoms with Crippen LogP contribution in [0.15, 0.2) is 48.5 Å². The maximum Gasteiger partial charge on any atom is 0.225 e. The molecule has 6 heteroatoms. The monoisotopic (exact) mass is 370 g/mol. The highest BCUT2D eigenvalue weighted by Gasteiger charge is 2.33. The number of amides is 2. The van der Waals surface area contributed by atoms with Gasteiger partial charge >= 0.3 is 0 Å². The van der Waals surface area contributed by atoms with E-state index in [1.807, 2.05) is 24.3 Å². The van der Waals surface area contributed by atoms with Crippen LogP contribution >= 0.6 is 0 Å². The molecule has 1 N–H and O–H groups in total. The number of carbonyl (C=O) groups excluding carboxylic acids is 2. The van der Waals surface area contributed by atoms with Crippen molar-refractivity contribution < 1.29 is 18.7 Å². The highest BCUT2D eigenvalue weighted by Crippen LogP contribution is 2.19. The lowest BCUT2D eigenvalue weighted by atomic mass is 10.1. The second-order valence-electron chi connectivity index (χ2n) is 6.68. The third-order valence-electron chi connectivity index (χ3n) is 4.79. The van der Waals surface area contributed by atoms with Crippen LogP contribution in [0.1, 0.15) is 17.5 Å². The summed E-state index contributed by atoms with van der Waals surface area (Å²) in [6, 6.07) is 13.7. The van der Waals surface area contributed by atoms with Crippen LogP contribution in [-0.2, 0) is 22.6 Å². The molecule has 1 aliphatic heterocycles. The van der Waals surface area contributed by atoms with Crippen LogP contribution in [0.2, 0.25) is 0 Å². The molecule has 1 aliphatic rings. The van der Waals surface area contributed by atoms with E-state index in [9.17, 15) is 14.0 Å². The summed E-state index contributed by atoms with van der Waals surface area (Å²) in [5, 5.41) is 2.90. The molecule has 2 amide bonds. The Balaban J connectivity index is 1.47. The van der Waals surface area contributed by atoms with E-state index >= 15 is 0 Å². The summed E-state index contributed by atoms with van der Waals surface area (Å²) in [4.78, 5) is 26.3. The molecule has 0 radical (unpaired) electrons. The van der Waals surface area contributed by atoms with Gasteiger partial charge in [-0.3, -0.25) is 9.59 Å². The van der Waals surface area contributed by atoms with Crippen LogP contribution in [0, 0.1) is 11.7 Å². The lowest BCUT2D eigenvalue weighted by molar-refractivity contribution is -0.129. The largest absolute Gasteiger partial charge is 0.497 e. The van der Waals surface area contributed by atoms with Gasteiger partial charge in [-0.1, -0.05) is 24.3 Å². The Morgan fingerprint density at radius 3 is 2.48 bits per heavy atom. The van der Waals surface area contributed by atoms with Crippen molar-refractivity contribution in [3.63, 3.8) is 0 Å². The summed E-state index contributed by atoms with van der Waals surface area (Å²) in [7, 11) is 1.61. The van der Waals surface area contributed by atoms with Gasteiger partial charge in [-0.05, 0) is 41.8 Å². The molecule has 142 valence electrons. The fourth-order valence-electron chi connectivity index (χ4n) is 3.16. The molecule has 0 bridgehead atoms. The summed E-state index contributed by atoms with van der Waals surface area (Å²) in [5.74, 6) is 0.0435. The van der Waals surface area contributed by atoms with Crippen molar-refractivity contribution in [2.75, 3.05) is 20.2 Å². The molecule has 0 spiro atoms. The number of rotatable bonds is 7. The van der Waals surface area contributed by atoms with Crippen molar-refractivity contribution in [1.82, 2.24) is 10.2 Å². The zero-order valence-corrected chi connectivity index (χ0v) is 15.3. The molecule has 1 heterocycles. The second-order valence-corrected chi connectivity index (χ2v) is 6.68. The molecular weight excluding hydrogens is 347 g/mol. The Morgan fingerprint density at radius 2 is 1.81 bits per heavy atom. The maximum absolute atomic E-state index is 12.9. The van der Waals surface area contributed by atoms with Crippen molar-refractivity contribution in [2.24, 2.45) is 5.92 Å². The first-order chi connectivity index (χ1) is 13.0. The third kappa shape index (κ3) is 5.06. The zero-order chi connectivity index (χ0) is 19.2. The summed E-state index contributed by atoms with van der Waals surface area (Å²) >= 11 is 0. The van der Waals surface area contributed by atoms with Crippen LogP contribution in [0.5, 0.6) is 5.75 Å². The van der Waals surface area contributed by atoms with Crippen LogP contribution in [0.3, 0.4) is 0 Å². The van der Waals surface area contributed by atoms with E-state index in [2.05, 4.69) is 5.32 Å². The van der Waals surface area contributed by atoms with Gasteiger partial charge in [-0.15, -0.1) is 0 Å². The molecular formula is C21H23FN2O3. The first kappa shape index (κ1) is 18.9. The van der Waals surface area contributed by atoms with Gasteiger partial charge in [-0.2, -0.15) is 0 Å². The molecule has 2 aromatic rings. The topological polar surface area (TPSA) is 58.6 Å². The molecule has 3 rings (SSSR count). The van der Waals surface area contributed by atoms with Crippen LogP contribution in [-0.4, -0.2) is 36.9 Å². The van der Waals surface area contributed by atoms with Gasteiger partial charge in [-0.25, -0.2) is 4.39 Å². The summed E-state index contributed by atoms with van der Waals surface area (Å²) < 4.78 is 18.1. The van der Waals surface area contributed by atoms with E-state index in [4.69, 9.17) is 4.74 Å². The van der Waals surface area contributed by atoms with Crippen molar-refractivity contribution in [3.05, 3.63) is 65.5 Å². The van der Waals surface area contributed by atoms with Crippen LogP contribution in [0.4, 0.5) is 4.39 Å². The molecule has 0 saturated carbocycles. The maximum atomic E-state index is 12.9. The van der Waals surface area contributed by atoms with Gasteiger partial charge in [0, 0.05) is 26.1 Å². The number of benzene rings is 2. The summed E-state index contributed by atoms with van der Waals surface area (Å²) in [5.41, 5.74) is 1.94. The zero-order valence-electron chi connectivity index (χ0n) is 15.3. The molecule has 2 aromatic carbocycles. The number of hydrogen-bond donors (Lipinski definition) is 1. The Kier molecular flexibility index (Phi) is 6.06. The number of nitrogens with zero attached hydrogens (tertiary/aromatic N) is 1. The fourth-order valence-corrected chi connectivity index (χ4v) is 3.16. The molecule has 5 nitrogen and oxygen atoms in total. The van der Waals surface area contributed by atoms with E-state index in [0.29, 0.717) is 26.1 Å². The van der Waals surface area contributed by atoms with Gasteiger partial charge in [0.15, 0.2) is 0 Å². The minimum Gasteiger partial charge on any atom is -0.497 e. The molecule has 0 aromatic heterocycles. The van der Waals surface area contributed by atoms with E-state index in [-0.39, 0.29) is 30.0 Å². The Labute approximate surface area is 158 Å².